The Bertz CT molecular complexity index is 325. The van der Waals surface area contributed by atoms with Crippen molar-refractivity contribution in [3.05, 3.63) is 29.6 Å². The van der Waals surface area contributed by atoms with E-state index in [1.54, 1.807) is 6.07 Å². The number of hydrogen-bond acceptors (Lipinski definition) is 2. The topological polar surface area (TPSA) is 24.1 Å². The molecule has 1 aliphatic rings. The van der Waals surface area contributed by atoms with Crippen LogP contribution >= 0.6 is 0 Å². The molecule has 1 aromatic carbocycles. The maximum atomic E-state index is 13.4. The first-order chi connectivity index (χ1) is 6.81. The van der Waals surface area contributed by atoms with Crippen molar-refractivity contribution in [2.75, 3.05) is 18.9 Å². The largest absolute Gasteiger partial charge is 0.378 e. The van der Waals surface area contributed by atoms with Gasteiger partial charge in [-0.15, -0.1) is 0 Å². The average molecular weight is 194 g/mol. The second-order valence-electron chi connectivity index (χ2n) is 3.71. The normalized spacial score (nSPS) is 20.0. The van der Waals surface area contributed by atoms with Crippen LogP contribution < -0.4 is 10.6 Å². The number of halogens is 1. The van der Waals surface area contributed by atoms with Crippen molar-refractivity contribution in [1.82, 2.24) is 5.32 Å². The van der Waals surface area contributed by atoms with E-state index in [1.165, 1.54) is 6.07 Å². The van der Waals surface area contributed by atoms with Gasteiger partial charge in [0.1, 0.15) is 5.82 Å². The molecule has 2 rings (SSSR count). The molecule has 1 aromatic rings. The van der Waals surface area contributed by atoms with Gasteiger partial charge in [0.05, 0.1) is 5.69 Å². The SMILES string of the molecule is CNCC1CCc2cccc(F)c2N1. The summed E-state index contributed by atoms with van der Waals surface area (Å²) in [5.41, 5.74) is 1.79. The highest BCUT2D eigenvalue weighted by atomic mass is 19.1. The van der Waals surface area contributed by atoms with Crippen molar-refractivity contribution < 1.29 is 4.39 Å². The number of benzene rings is 1. The molecule has 1 unspecified atom stereocenters. The molecular formula is C11H15FN2. The van der Waals surface area contributed by atoms with Crippen LogP contribution in [0.1, 0.15) is 12.0 Å². The van der Waals surface area contributed by atoms with Gasteiger partial charge >= 0.3 is 0 Å². The first-order valence-corrected chi connectivity index (χ1v) is 5.00. The molecule has 0 spiro atoms. The van der Waals surface area contributed by atoms with E-state index in [9.17, 15) is 4.39 Å². The van der Waals surface area contributed by atoms with Crippen LogP contribution in [0.2, 0.25) is 0 Å². The summed E-state index contributed by atoms with van der Waals surface area (Å²) in [4.78, 5) is 0. The second-order valence-corrected chi connectivity index (χ2v) is 3.71. The highest BCUT2D eigenvalue weighted by Gasteiger charge is 2.19. The molecule has 1 aliphatic heterocycles. The fourth-order valence-electron chi connectivity index (χ4n) is 1.94. The number of para-hydroxylation sites is 1. The molecule has 2 nitrogen and oxygen atoms in total. The summed E-state index contributed by atoms with van der Waals surface area (Å²) in [6.45, 7) is 0.883. The standard InChI is InChI=1S/C11H15FN2/c1-13-7-9-6-5-8-3-2-4-10(12)11(8)14-9/h2-4,9,13-14H,5-7H2,1H3. The van der Waals surface area contributed by atoms with E-state index < -0.39 is 0 Å². The van der Waals surface area contributed by atoms with Gasteiger partial charge in [-0.25, -0.2) is 4.39 Å². The van der Waals surface area contributed by atoms with Crippen molar-refractivity contribution >= 4 is 5.69 Å². The molecule has 0 radical (unpaired) electrons. The van der Waals surface area contributed by atoms with Crippen molar-refractivity contribution in [2.45, 2.75) is 18.9 Å². The van der Waals surface area contributed by atoms with Crippen LogP contribution in [0.5, 0.6) is 0 Å². The zero-order valence-electron chi connectivity index (χ0n) is 8.31. The molecule has 1 atom stereocenters. The van der Waals surface area contributed by atoms with Gasteiger partial charge in [-0.3, -0.25) is 0 Å². The van der Waals surface area contributed by atoms with Gasteiger partial charge in [0.2, 0.25) is 0 Å². The molecule has 14 heavy (non-hydrogen) atoms. The van der Waals surface area contributed by atoms with Gasteiger partial charge in [0.15, 0.2) is 0 Å². The Morgan fingerprint density at radius 1 is 1.57 bits per heavy atom. The summed E-state index contributed by atoms with van der Waals surface area (Å²) in [5.74, 6) is -0.136. The lowest BCUT2D eigenvalue weighted by atomic mass is 9.98. The summed E-state index contributed by atoms with van der Waals surface area (Å²) in [5, 5.41) is 6.33. The summed E-state index contributed by atoms with van der Waals surface area (Å²) < 4.78 is 13.4. The van der Waals surface area contributed by atoms with Crippen LogP contribution in [-0.2, 0) is 6.42 Å². The van der Waals surface area contributed by atoms with Crippen LogP contribution in [0.3, 0.4) is 0 Å². The van der Waals surface area contributed by atoms with E-state index in [0.717, 1.165) is 24.9 Å². The molecule has 0 saturated carbocycles. The lowest BCUT2D eigenvalue weighted by Crippen LogP contribution is -2.34. The van der Waals surface area contributed by atoms with E-state index in [4.69, 9.17) is 0 Å². The third kappa shape index (κ3) is 1.73. The number of fused-ring (bicyclic) bond motifs is 1. The molecule has 0 saturated heterocycles. The molecule has 76 valence electrons. The highest BCUT2D eigenvalue weighted by Crippen LogP contribution is 2.26. The first-order valence-electron chi connectivity index (χ1n) is 5.00. The summed E-state index contributed by atoms with van der Waals surface area (Å²) in [7, 11) is 1.92. The Balaban J connectivity index is 2.20. The molecule has 2 N–H and O–H groups in total. The summed E-state index contributed by atoms with van der Waals surface area (Å²) in [6.07, 6.45) is 2.03. The monoisotopic (exact) mass is 194 g/mol. The van der Waals surface area contributed by atoms with Gasteiger partial charge in [0.25, 0.3) is 0 Å². The number of likely N-dealkylation sites (N-methyl/N-ethyl adjacent to an activating group) is 1. The number of anilines is 1. The van der Waals surface area contributed by atoms with Gasteiger partial charge in [-0.2, -0.15) is 0 Å². The minimum atomic E-state index is -0.136. The first kappa shape index (κ1) is 9.46. The van der Waals surface area contributed by atoms with Crippen LogP contribution in [0.25, 0.3) is 0 Å². The number of aryl methyl sites for hydroxylation is 1. The van der Waals surface area contributed by atoms with Crippen LogP contribution in [0.15, 0.2) is 18.2 Å². The predicted octanol–water partition coefficient (Wildman–Crippen LogP) is 1.77. The Morgan fingerprint density at radius 3 is 3.21 bits per heavy atom. The fourth-order valence-corrected chi connectivity index (χ4v) is 1.94. The zero-order valence-corrected chi connectivity index (χ0v) is 8.31. The van der Waals surface area contributed by atoms with Gasteiger partial charge in [-0.05, 0) is 31.5 Å². The summed E-state index contributed by atoms with van der Waals surface area (Å²) >= 11 is 0. The minimum absolute atomic E-state index is 0.136. The van der Waals surface area contributed by atoms with Crippen molar-refractivity contribution in [2.24, 2.45) is 0 Å². The van der Waals surface area contributed by atoms with E-state index in [1.807, 2.05) is 13.1 Å². The van der Waals surface area contributed by atoms with Crippen LogP contribution in [0.4, 0.5) is 10.1 Å². The highest BCUT2D eigenvalue weighted by molar-refractivity contribution is 5.55. The van der Waals surface area contributed by atoms with Crippen molar-refractivity contribution in [1.29, 1.82) is 0 Å². The van der Waals surface area contributed by atoms with E-state index in [-0.39, 0.29) is 5.82 Å². The number of rotatable bonds is 2. The molecule has 1 heterocycles. The number of nitrogens with one attached hydrogen (secondary N) is 2. The maximum absolute atomic E-state index is 13.4. The average Bonchev–Trinajstić information content (AvgIpc) is 2.20. The Kier molecular flexibility index (Phi) is 2.68. The smallest absolute Gasteiger partial charge is 0.146 e. The van der Waals surface area contributed by atoms with E-state index in [2.05, 4.69) is 10.6 Å². The fraction of sp³-hybridized carbons (Fsp3) is 0.455. The van der Waals surface area contributed by atoms with Gasteiger partial charge in [-0.1, -0.05) is 12.1 Å². The molecule has 0 amide bonds. The maximum Gasteiger partial charge on any atom is 0.146 e. The Labute approximate surface area is 83.5 Å². The number of hydrogen-bond donors (Lipinski definition) is 2. The zero-order chi connectivity index (χ0) is 9.97. The molecule has 0 aromatic heterocycles. The summed E-state index contributed by atoms with van der Waals surface area (Å²) in [6, 6.07) is 5.62. The predicted molar refractivity (Wildman–Crippen MR) is 56.1 cm³/mol. The van der Waals surface area contributed by atoms with Gasteiger partial charge in [0, 0.05) is 12.6 Å². The molecule has 0 bridgehead atoms. The molecule has 3 heteroatoms. The van der Waals surface area contributed by atoms with Crippen LogP contribution in [-0.4, -0.2) is 19.6 Å². The Morgan fingerprint density at radius 2 is 2.43 bits per heavy atom. The minimum Gasteiger partial charge on any atom is -0.378 e. The van der Waals surface area contributed by atoms with Crippen molar-refractivity contribution in [3.8, 4) is 0 Å². The van der Waals surface area contributed by atoms with Crippen molar-refractivity contribution in [3.63, 3.8) is 0 Å². The van der Waals surface area contributed by atoms with Gasteiger partial charge < -0.3 is 10.6 Å². The van der Waals surface area contributed by atoms with E-state index in [0.29, 0.717) is 11.7 Å². The third-order valence-electron chi connectivity index (χ3n) is 2.66. The quantitative estimate of drug-likeness (QED) is 0.749. The molecule has 0 aliphatic carbocycles. The molecule has 0 fully saturated rings. The lowest BCUT2D eigenvalue weighted by molar-refractivity contribution is 0.570. The van der Waals surface area contributed by atoms with E-state index >= 15 is 0 Å². The second kappa shape index (κ2) is 3.96. The van der Waals surface area contributed by atoms with Crippen LogP contribution in [0, 0.1) is 5.82 Å². The Hall–Kier alpha value is -1.09. The lowest BCUT2D eigenvalue weighted by Gasteiger charge is -2.27. The third-order valence-corrected chi connectivity index (χ3v) is 2.66. The molecular weight excluding hydrogens is 179 g/mol.